The number of rotatable bonds is 5. The van der Waals surface area contributed by atoms with Crippen molar-refractivity contribution in [2.24, 2.45) is 5.73 Å². The molecule has 0 aliphatic heterocycles. The smallest absolute Gasteiger partial charge is 0.250 e. The second-order valence-corrected chi connectivity index (χ2v) is 6.45. The SMILES string of the molecule is C=C(Nc1cc2c(cc1C(N)=O)CC=CC=C2)Nc1c(C)cccc1C. The summed E-state index contributed by atoms with van der Waals surface area (Å²) < 4.78 is 0. The lowest BCUT2D eigenvalue weighted by molar-refractivity contribution is 0.100. The van der Waals surface area contributed by atoms with E-state index in [0.29, 0.717) is 17.1 Å². The summed E-state index contributed by atoms with van der Waals surface area (Å²) >= 11 is 0. The molecule has 0 fully saturated rings. The predicted molar refractivity (Wildman–Crippen MR) is 109 cm³/mol. The lowest BCUT2D eigenvalue weighted by Crippen LogP contribution is -2.17. The van der Waals surface area contributed by atoms with E-state index in [1.807, 2.05) is 62.4 Å². The van der Waals surface area contributed by atoms with Crippen LogP contribution in [0.25, 0.3) is 6.08 Å². The molecule has 0 radical (unpaired) electrons. The largest absolute Gasteiger partial charge is 0.366 e. The van der Waals surface area contributed by atoms with Crippen LogP contribution in [0.3, 0.4) is 0 Å². The molecule has 4 N–H and O–H groups in total. The zero-order chi connectivity index (χ0) is 18.7. The first kappa shape index (κ1) is 17.5. The number of hydrogen-bond acceptors (Lipinski definition) is 3. The average Bonchev–Trinajstić information content (AvgIpc) is 2.82. The minimum atomic E-state index is -0.465. The molecule has 4 nitrogen and oxygen atoms in total. The Balaban J connectivity index is 1.90. The third kappa shape index (κ3) is 3.70. The molecule has 0 unspecified atom stereocenters. The molecule has 26 heavy (non-hydrogen) atoms. The maximum Gasteiger partial charge on any atom is 0.250 e. The summed E-state index contributed by atoms with van der Waals surface area (Å²) in [6.07, 6.45) is 8.84. The van der Waals surface area contributed by atoms with Gasteiger partial charge in [0.1, 0.15) is 5.82 Å². The van der Waals surface area contributed by atoms with E-state index in [0.717, 1.165) is 34.4 Å². The van der Waals surface area contributed by atoms with E-state index in [9.17, 15) is 4.79 Å². The molecule has 0 atom stereocenters. The first-order chi connectivity index (χ1) is 12.5. The summed E-state index contributed by atoms with van der Waals surface area (Å²) in [6, 6.07) is 9.89. The quantitative estimate of drug-likeness (QED) is 0.746. The number of para-hydroxylation sites is 1. The van der Waals surface area contributed by atoms with Crippen molar-refractivity contribution in [2.75, 3.05) is 10.6 Å². The first-order valence-electron chi connectivity index (χ1n) is 8.55. The van der Waals surface area contributed by atoms with Crippen LogP contribution in [0.5, 0.6) is 0 Å². The molecule has 2 aromatic rings. The lowest BCUT2D eigenvalue weighted by atomic mass is 9.99. The number of fused-ring (bicyclic) bond motifs is 1. The van der Waals surface area contributed by atoms with Crippen LogP contribution in [0, 0.1) is 13.8 Å². The van der Waals surface area contributed by atoms with Gasteiger partial charge in [0.05, 0.1) is 11.3 Å². The van der Waals surface area contributed by atoms with Crippen LogP contribution in [0.2, 0.25) is 0 Å². The van der Waals surface area contributed by atoms with Crippen LogP contribution in [0.1, 0.15) is 32.6 Å². The van der Waals surface area contributed by atoms with Crippen LogP contribution < -0.4 is 16.4 Å². The highest BCUT2D eigenvalue weighted by molar-refractivity contribution is 5.99. The number of aryl methyl sites for hydroxylation is 2. The molecule has 1 amide bonds. The standard InChI is InChI=1S/C22H23N3O/c1-14-8-7-9-15(2)21(14)25-16(3)24-20-13-18-11-6-4-5-10-17(18)12-19(20)22(23)26/h4-9,11-13,24-25H,3,10H2,1-2H3,(H2,23,26). The Kier molecular flexibility index (Phi) is 4.94. The van der Waals surface area contributed by atoms with E-state index in [2.05, 4.69) is 23.3 Å². The van der Waals surface area contributed by atoms with Crippen molar-refractivity contribution < 1.29 is 4.79 Å². The number of benzene rings is 2. The molecule has 0 bridgehead atoms. The first-order valence-corrected chi connectivity index (χ1v) is 8.55. The Morgan fingerprint density at radius 3 is 2.54 bits per heavy atom. The van der Waals surface area contributed by atoms with Crippen molar-refractivity contribution in [3.63, 3.8) is 0 Å². The van der Waals surface area contributed by atoms with Gasteiger partial charge >= 0.3 is 0 Å². The number of hydrogen-bond donors (Lipinski definition) is 3. The summed E-state index contributed by atoms with van der Waals surface area (Å²) in [7, 11) is 0. The van der Waals surface area contributed by atoms with Crippen molar-refractivity contribution in [3.05, 3.63) is 88.8 Å². The number of amides is 1. The molecule has 0 saturated heterocycles. The lowest BCUT2D eigenvalue weighted by Gasteiger charge is -2.18. The van der Waals surface area contributed by atoms with Crippen molar-refractivity contribution >= 4 is 23.4 Å². The highest BCUT2D eigenvalue weighted by Crippen LogP contribution is 2.27. The maximum atomic E-state index is 11.9. The fraction of sp³-hybridized carbons (Fsp3) is 0.136. The number of carbonyl (C=O) groups excluding carboxylic acids is 1. The van der Waals surface area contributed by atoms with Crippen LogP contribution in [0.15, 0.2) is 61.0 Å². The topological polar surface area (TPSA) is 67.1 Å². The van der Waals surface area contributed by atoms with Gasteiger partial charge in [-0.2, -0.15) is 0 Å². The predicted octanol–water partition coefficient (Wildman–Crippen LogP) is 4.52. The van der Waals surface area contributed by atoms with E-state index in [1.165, 1.54) is 0 Å². The zero-order valence-electron chi connectivity index (χ0n) is 15.1. The van der Waals surface area contributed by atoms with Crippen LogP contribution >= 0.6 is 0 Å². The van der Waals surface area contributed by atoms with Crippen LogP contribution in [0.4, 0.5) is 11.4 Å². The van der Waals surface area contributed by atoms with Gasteiger partial charge in [-0.05, 0) is 54.7 Å². The number of nitrogens with one attached hydrogen (secondary N) is 2. The number of carbonyl (C=O) groups is 1. The monoisotopic (exact) mass is 345 g/mol. The van der Waals surface area contributed by atoms with Gasteiger partial charge in [-0.25, -0.2) is 0 Å². The normalized spacial score (nSPS) is 12.2. The Labute approximate surface area is 154 Å². The molecule has 0 saturated carbocycles. The Hall–Kier alpha value is -3.27. The van der Waals surface area contributed by atoms with E-state index < -0.39 is 5.91 Å². The van der Waals surface area contributed by atoms with Crippen LogP contribution in [-0.2, 0) is 6.42 Å². The molecule has 0 aromatic heterocycles. The van der Waals surface area contributed by atoms with E-state index >= 15 is 0 Å². The molecular formula is C22H23N3O. The van der Waals surface area contributed by atoms with Gasteiger partial charge in [-0.3, -0.25) is 4.79 Å². The van der Waals surface area contributed by atoms with Crippen molar-refractivity contribution in [2.45, 2.75) is 20.3 Å². The number of primary amides is 1. The number of allylic oxidation sites excluding steroid dienone is 3. The summed E-state index contributed by atoms with van der Waals surface area (Å²) in [4.78, 5) is 11.9. The van der Waals surface area contributed by atoms with E-state index in [-0.39, 0.29) is 0 Å². The van der Waals surface area contributed by atoms with Gasteiger partial charge in [-0.15, -0.1) is 0 Å². The molecule has 4 heteroatoms. The van der Waals surface area contributed by atoms with Gasteiger partial charge in [0, 0.05) is 5.69 Å². The second-order valence-electron chi connectivity index (χ2n) is 6.45. The molecule has 2 aromatic carbocycles. The van der Waals surface area contributed by atoms with Gasteiger partial charge in [0.25, 0.3) is 5.91 Å². The van der Waals surface area contributed by atoms with E-state index in [4.69, 9.17) is 5.73 Å². The molecule has 0 spiro atoms. The summed E-state index contributed by atoms with van der Waals surface area (Å²) in [5.74, 6) is 0.118. The van der Waals surface area contributed by atoms with Crippen LogP contribution in [-0.4, -0.2) is 5.91 Å². The minimum absolute atomic E-state index is 0.455. The Morgan fingerprint density at radius 2 is 1.85 bits per heavy atom. The molecule has 132 valence electrons. The van der Waals surface area contributed by atoms with E-state index in [1.54, 1.807) is 0 Å². The summed E-state index contributed by atoms with van der Waals surface area (Å²) in [5.41, 5.74) is 12.1. The zero-order valence-corrected chi connectivity index (χ0v) is 15.1. The third-order valence-corrected chi connectivity index (χ3v) is 4.45. The van der Waals surface area contributed by atoms with Gasteiger partial charge in [-0.1, -0.05) is 49.1 Å². The van der Waals surface area contributed by atoms with Crippen molar-refractivity contribution in [1.29, 1.82) is 0 Å². The summed E-state index contributed by atoms with van der Waals surface area (Å²) in [6.45, 7) is 8.13. The molecule has 1 aliphatic rings. The Morgan fingerprint density at radius 1 is 1.12 bits per heavy atom. The third-order valence-electron chi connectivity index (χ3n) is 4.45. The molecular weight excluding hydrogens is 322 g/mol. The fourth-order valence-electron chi connectivity index (χ4n) is 3.09. The van der Waals surface area contributed by atoms with Crippen molar-refractivity contribution in [3.8, 4) is 0 Å². The summed E-state index contributed by atoms with van der Waals surface area (Å²) in [5, 5.41) is 6.50. The number of nitrogens with two attached hydrogens (primary N) is 1. The maximum absolute atomic E-state index is 11.9. The van der Waals surface area contributed by atoms with Gasteiger partial charge in [0.2, 0.25) is 0 Å². The number of anilines is 2. The second kappa shape index (κ2) is 7.31. The average molecular weight is 345 g/mol. The van der Waals surface area contributed by atoms with Gasteiger partial charge in [0.15, 0.2) is 0 Å². The molecule has 0 heterocycles. The molecule has 1 aliphatic carbocycles. The molecule has 3 rings (SSSR count). The highest BCUT2D eigenvalue weighted by Gasteiger charge is 2.14. The fourth-order valence-corrected chi connectivity index (χ4v) is 3.09. The minimum Gasteiger partial charge on any atom is -0.366 e. The Bertz CT molecular complexity index is 918. The van der Waals surface area contributed by atoms with Gasteiger partial charge < -0.3 is 16.4 Å². The highest BCUT2D eigenvalue weighted by atomic mass is 16.1. The van der Waals surface area contributed by atoms with Crippen molar-refractivity contribution in [1.82, 2.24) is 0 Å².